The molecule has 0 amide bonds. The topological polar surface area (TPSA) is 44.8 Å². The number of rotatable bonds is 6. The lowest BCUT2D eigenvalue weighted by Crippen LogP contribution is -2.16. The van der Waals surface area contributed by atoms with Crippen LogP contribution in [0.2, 0.25) is 0 Å². The molecule has 0 spiro atoms. The first-order valence-electron chi connectivity index (χ1n) is 4.59. The first kappa shape index (κ1) is 12.2. The van der Waals surface area contributed by atoms with E-state index in [1.807, 2.05) is 11.4 Å². The Morgan fingerprint density at radius 2 is 2.33 bits per heavy atom. The van der Waals surface area contributed by atoms with Crippen LogP contribution in [-0.4, -0.2) is 32.6 Å². The van der Waals surface area contributed by atoms with Crippen molar-refractivity contribution in [3.8, 4) is 0 Å². The van der Waals surface area contributed by atoms with Gasteiger partial charge in [0.1, 0.15) is 11.5 Å². The number of thiophene rings is 1. The van der Waals surface area contributed by atoms with Crippen molar-refractivity contribution < 1.29 is 19.0 Å². The minimum Gasteiger partial charge on any atom is -0.459 e. The second-order valence-corrected chi connectivity index (χ2v) is 3.74. The van der Waals surface area contributed by atoms with Crippen molar-refractivity contribution >= 4 is 17.3 Å². The Morgan fingerprint density at radius 3 is 2.93 bits per heavy atom. The summed E-state index contributed by atoms with van der Waals surface area (Å²) < 4.78 is 15.0. The van der Waals surface area contributed by atoms with Crippen LogP contribution < -0.4 is 0 Å². The van der Waals surface area contributed by atoms with Crippen LogP contribution in [0.15, 0.2) is 17.5 Å². The molecule has 0 aliphatic rings. The highest BCUT2D eigenvalue weighted by Gasteiger charge is 2.07. The molecule has 0 saturated carbocycles. The van der Waals surface area contributed by atoms with Crippen LogP contribution in [0.5, 0.6) is 0 Å². The number of ether oxygens (including phenoxy) is 3. The number of carbonyl (C=O) groups excluding carboxylic acids is 1. The monoisotopic (exact) mass is 230 g/mol. The third-order valence-electron chi connectivity index (χ3n) is 1.72. The summed E-state index contributed by atoms with van der Waals surface area (Å²) in [5.41, 5.74) is 0. The molecule has 5 heteroatoms. The quantitative estimate of drug-likeness (QED) is 0.425. The molecule has 1 aromatic heterocycles. The molecule has 0 fully saturated rings. The third-order valence-corrected chi connectivity index (χ3v) is 2.57. The summed E-state index contributed by atoms with van der Waals surface area (Å²) in [6.45, 7) is 2.36. The zero-order valence-corrected chi connectivity index (χ0v) is 9.58. The molecule has 4 nitrogen and oxygen atoms in total. The van der Waals surface area contributed by atoms with Crippen molar-refractivity contribution in [3.63, 3.8) is 0 Å². The number of hydrogen-bond donors (Lipinski definition) is 0. The normalized spacial score (nSPS) is 12.4. The Bertz CT molecular complexity index is 284. The molecule has 0 aliphatic carbocycles. The largest absolute Gasteiger partial charge is 0.459 e. The minimum atomic E-state index is -0.307. The van der Waals surface area contributed by atoms with Gasteiger partial charge >= 0.3 is 5.97 Å². The average molecular weight is 230 g/mol. The second kappa shape index (κ2) is 6.55. The molecule has 0 bridgehead atoms. The minimum absolute atomic E-state index is 0.241. The molecule has 0 aliphatic heterocycles. The maximum atomic E-state index is 11.3. The summed E-state index contributed by atoms with van der Waals surface area (Å²) in [5, 5.41) is 1.83. The Labute approximate surface area is 92.8 Å². The van der Waals surface area contributed by atoms with Gasteiger partial charge in [0.25, 0.3) is 0 Å². The second-order valence-electron chi connectivity index (χ2n) is 2.79. The molecule has 0 aromatic carbocycles. The summed E-state index contributed by atoms with van der Waals surface area (Å²) in [6.07, 6.45) is -0.273. The van der Waals surface area contributed by atoms with Crippen molar-refractivity contribution in [2.45, 2.75) is 13.2 Å². The number of hydrogen-bond acceptors (Lipinski definition) is 5. The maximum absolute atomic E-state index is 11.3. The lowest BCUT2D eigenvalue weighted by Gasteiger charge is -2.10. The van der Waals surface area contributed by atoms with E-state index >= 15 is 0 Å². The zero-order chi connectivity index (χ0) is 11.1. The molecule has 1 atom stereocenters. The molecular formula is C10H14O4S. The smallest absolute Gasteiger partial charge is 0.348 e. The SMILES string of the molecule is COC(C)OCCOC(=O)c1cccs1. The average Bonchev–Trinajstić information content (AvgIpc) is 2.77. The molecule has 1 heterocycles. The van der Waals surface area contributed by atoms with E-state index in [1.165, 1.54) is 11.3 Å². The number of carbonyl (C=O) groups is 1. The van der Waals surface area contributed by atoms with Gasteiger partial charge in [-0.2, -0.15) is 0 Å². The zero-order valence-electron chi connectivity index (χ0n) is 8.76. The first-order valence-corrected chi connectivity index (χ1v) is 5.47. The lowest BCUT2D eigenvalue weighted by atomic mass is 10.5. The van der Waals surface area contributed by atoms with Crippen LogP contribution >= 0.6 is 11.3 Å². The van der Waals surface area contributed by atoms with E-state index in [1.54, 1.807) is 20.1 Å². The van der Waals surface area contributed by atoms with Gasteiger partial charge in [-0.15, -0.1) is 11.3 Å². The van der Waals surface area contributed by atoms with Crippen molar-refractivity contribution in [2.75, 3.05) is 20.3 Å². The van der Waals surface area contributed by atoms with E-state index in [0.29, 0.717) is 11.5 Å². The van der Waals surface area contributed by atoms with Crippen LogP contribution in [-0.2, 0) is 14.2 Å². The Morgan fingerprint density at radius 1 is 1.53 bits per heavy atom. The molecule has 84 valence electrons. The molecular weight excluding hydrogens is 216 g/mol. The molecule has 1 unspecified atom stereocenters. The molecule has 0 saturated heterocycles. The van der Waals surface area contributed by atoms with Crippen molar-refractivity contribution in [2.24, 2.45) is 0 Å². The van der Waals surface area contributed by atoms with Gasteiger partial charge in [-0.25, -0.2) is 4.79 Å². The van der Waals surface area contributed by atoms with Crippen molar-refractivity contribution in [3.05, 3.63) is 22.4 Å². The highest BCUT2D eigenvalue weighted by molar-refractivity contribution is 7.11. The summed E-state index contributed by atoms with van der Waals surface area (Å²) in [5.74, 6) is -0.307. The van der Waals surface area contributed by atoms with Crippen LogP contribution in [0.25, 0.3) is 0 Å². The van der Waals surface area contributed by atoms with Gasteiger partial charge < -0.3 is 14.2 Å². The van der Waals surface area contributed by atoms with Gasteiger partial charge in [-0.3, -0.25) is 0 Å². The van der Waals surface area contributed by atoms with E-state index < -0.39 is 0 Å². The fourth-order valence-corrected chi connectivity index (χ4v) is 1.50. The fraction of sp³-hybridized carbons (Fsp3) is 0.500. The maximum Gasteiger partial charge on any atom is 0.348 e. The van der Waals surface area contributed by atoms with Crippen molar-refractivity contribution in [1.29, 1.82) is 0 Å². The van der Waals surface area contributed by atoms with Gasteiger partial charge in [-0.1, -0.05) is 6.07 Å². The highest BCUT2D eigenvalue weighted by Crippen LogP contribution is 2.09. The van der Waals surface area contributed by atoms with Gasteiger partial charge in [-0.05, 0) is 18.4 Å². The Hall–Kier alpha value is -0.910. The van der Waals surface area contributed by atoms with E-state index in [4.69, 9.17) is 14.2 Å². The van der Waals surface area contributed by atoms with Crippen LogP contribution in [0, 0.1) is 0 Å². The summed E-state index contributed by atoms with van der Waals surface area (Å²) >= 11 is 1.36. The highest BCUT2D eigenvalue weighted by atomic mass is 32.1. The van der Waals surface area contributed by atoms with E-state index in [2.05, 4.69) is 0 Å². The fourth-order valence-electron chi connectivity index (χ4n) is 0.882. The standard InChI is InChI=1S/C10H14O4S/c1-8(12-2)13-5-6-14-10(11)9-4-3-7-15-9/h3-4,7-8H,5-6H2,1-2H3. The molecule has 0 N–H and O–H groups in total. The molecule has 1 rings (SSSR count). The number of methoxy groups -OCH3 is 1. The van der Waals surface area contributed by atoms with Crippen LogP contribution in [0.4, 0.5) is 0 Å². The lowest BCUT2D eigenvalue weighted by molar-refractivity contribution is -0.118. The predicted molar refractivity (Wildman–Crippen MR) is 57.0 cm³/mol. The van der Waals surface area contributed by atoms with Crippen LogP contribution in [0.1, 0.15) is 16.6 Å². The Kier molecular flexibility index (Phi) is 5.31. The van der Waals surface area contributed by atoms with E-state index in [0.717, 1.165) is 0 Å². The van der Waals surface area contributed by atoms with Gasteiger partial charge in [0, 0.05) is 7.11 Å². The van der Waals surface area contributed by atoms with Gasteiger partial charge in [0.2, 0.25) is 0 Å². The summed E-state index contributed by atoms with van der Waals surface area (Å²) in [7, 11) is 1.56. The summed E-state index contributed by atoms with van der Waals surface area (Å²) in [6, 6.07) is 3.54. The molecule has 1 aromatic rings. The molecule has 15 heavy (non-hydrogen) atoms. The predicted octanol–water partition coefficient (Wildman–Crippen LogP) is 1.91. The van der Waals surface area contributed by atoms with Gasteiger partial charge in [0.05, 0.1) is 6.61 Å². The third kappa shape index (κ3) is 4.42. The summed E-state index contributed by atoms with van der Waals surface area (Å²) in [4.78, 5) is 11.9. The van der Waals surface area contributed by atoms with E-state index in [-0.39, 0.29) is 18.9 Å². The Balaban J connectivity index is 2.13. The van der Waals surface area contributed by atoms with Gasteiger partial charge in [0.15, 0.2) is 6.29 Å². The first-order chi connectivity index (χ1) is 7.24. The van der Waals surface area contributed by atoms with Crippen molar-refractivity contribution in [1.82, 2.24) is 0 Å². The number of esters is 1. The van der Waals surface area contributed by atoms with E-state index in [9.17, 15) is 4.79 Å². The van der Waals surface area contributed by atoms with Crippen LogP contribution in [0.3, 0.4) is 0 Å². The molecule has 0 radical (unpaired) electrons.